The van der Waals surface area contributed by atoms with Crippen LogP contribution in [0, 0.1) is 17.8 Å². The number of halogens is 2. The quantitative estimate of drug-likeness (QED) is 0.776. The summed E-state index contributed by atoms with van der Waals surface area (Å²) in [6, 6.07) is -0.0414. The molecule has 0 spiro atoms. The van der Waals surface area contributed by atoms with Gasteiger partial charge in [-0.15, -0.1) is 0 Å². The monoisotopic (exact) mass is 259 g/mol. The fraction of sp³-hybridized carbons (Fsp3) is 0.929. The van der Waals surface area contributed by atoms with Gasteiger partial charge in [-0.2, -0.15) is 0 Å². The summed E-state index contributed by atoms with van der Waals surface area (Å²) in [6.07, 6.45) is -0.146. The van der Waals surface area contributed by atoms with Crippen molar-refractivity contribution < 1.29 is 13.6 Å². The van der Waals surface area contributed by atoms with E-state index >= 15 is 0 Å². The molecule has 3 atom stereocenters. The van der Waals surface area contributed by atoms with Crippen LogP contribution < -0.4 is 0 Å². The van der Waals surface area contributed by atoms with E-state index in [0.717, 1.165) is 0 Å². The van der Waals surface area contributed by atoms with Crippen LogP contribution in [0.5, 0.6) is 0 Å². The maximum Gasteiger partial charge on any atom is 0.248 e. The molecule has 3 unspecified atom stereocenters. The average Bonchev–Trinajstić information content (AvgIpc) is 2.68. The van der Waals surface area contributed by atoms with Crippen LogP contribution >= 0.6 is 0 Å². The highest BCUT2D eigenvalue weighted by Gasteiger charge is 2.56. The molecule has 2 rings (SSSR count). The Labute approximate surface area is 108 Å². The van der Waals surface area contributed by atoms with E-state index in [0.29, 0.717) is 6.54 Å². The van der Waals surface area contributed by atoms with Gasteiger partial charge in [0.2, 0.25) is 5.92 Å². The Kier molecular flexibility index (Phi) is 3.52. The number of hydrogen-bond donors (Lipinski definition) is 0. The summed E-state index contributed by atoms with van der Waals surface area (Å²) in [5, 5.41) is 0. The first kappa shape index (κ1) is 13.9. The lowest BCUT2D eigenvalue weighted by Crippen LogP contribution is -2.45. The predicted molar refractivity (Wildman–Crippen MR) is 66.6 cm³/mol. The molecule has 2 fully saturated rings. The predicted octanol–water partition coefficient (Wildman–Crippen LogP) is 2.97. The second-order valence-corrected chi connectivity index (χ2v) is 6.48. The number of alkyl halides is 2. The first-order chi connectivity index (χ1) is 8.23. The van der Waals surface area contributed by atoms with Gasteiger partial charge in [0.1, 0.15) is 0 Å². The van der Waals surface area contributed by atoms with Crippen molar-refractivity contribution in [3.63, 3.8) is 0 Å². The van der Waals surface area contributed by atoms with E-state index in [2.05, 4.69) is 4.90 Å². The molecule has 4 heteroatoms. The van der Waals surface area contributed by atoms with Crippen molar-refractivity contribution in [1.82, 2.24) is 4.90 Å². The Balaban J connectivity index is 2.23. The third-order valence-corrected chi connectivity index (χ3v) is 4.43. The molecule has 1 heterocycles. The number of ketones is 1. The van der Waals surface area contributed by atoms with Crippen LogP contribution in [0.2, 0.25) is 0 Å². The maximum absolute atomic E-state index is 13.5. The zero-order valence-corrected chi connectivity index (χ0v) is 11.6. The first-order valence-electron chi connectivity index (χ1n) is 6.90. The van der Waals surface area contributed by atoms with Crippen molar-refractivity contribution in [3.8, 4) is 0 Å². The molecule has 18 heavy (non-hydrogen) atoms. The van der Waals surface area contributed by atoms with Crippen molar-refractivity contribution in [2.75, 3.05) is 6.54 Å². The highest BCUT2D eigenvalue weighted by molar-refractivity contribution is 5.86. The van der Waals surface area contributed by atoms with Gasteiger partial charge in [-0.25, -0.2) is 8.78 Å². The Morgan fingerprint density at radius 3 is 2.33 bits per heavy atom. The Hall–Kier alpha value is -0.510. The van der Waals surface area contributed by atoms with Crippen molar-refractivity contribution in [3.05, 3.63) is 0 Å². The molecule has 2 nitrogen and oxygen atoms in total. The lowest BCUT2D eigenvalue weighted by atomic mass is 9.87. The molecule has 0 aromatic heterocycles. The van der Waals surface area contributed by atoms with E-state index in [9.17, 15) is 13.6 Å². The van der Waals surface area contributed by atoms with Crippen molar-refractivity contribution in [1.29, 1.82) is 0 Å². The summed E-state index contributed by atoms with van der Waals surface area (Å²) in [5.41, 5.74) is 0. The van der Waals surface area contributed by atoms with Crippen LogP contribution in [0.3, 0.4) is 0 Å². The van der Waals surface area contributed by atoms with E-state index in [4.69, 9.17) is 0 Å². The van der Waals surface area contributed by atoms with Gasteiger partial charge in [0.15, 0.2) is 5.78 Å². The van der Waals surface area contributed by atoms with Crippen LogP contribution in [0.25, 0.3) is 0 Å². The minimum atomic E-state index is -2.56. The number of fused-ring (bicyclic) bond motifs is 1. The smallest absolute Gasteiger partial charge is 0.248 e. The normalized spacial score (nSPS) is 35.4. The second-order valence-electron chi connectivity index (χ2n) is 6.48. The Bertz CT molecular complexity index is 341. The molecular weight excluding hydrogens is 236 g/mol. The molecule has 0 N–H and O–H groups in total. The zero-order valence-electron chi connectivity index (χ0n) is 11.6. The van der Waals surface area contributed by atoms with Crippen LogP contribution in [0.15, 0.2) is 0 Å². The molecule has 0 radical (unpaired) electrons. The van der Waals surface area contributed by atoms with Gasteiger partial charge < -0.3 is 0 Å². The van der Waals surface area contributed by atoms with E-state index in [1.165, 1.54) is 0 Å². The third-order valence-electron chi connectivity index (χ3n) is 4.43. The largest absolute Gasteiger partial charge is 0.298 e. The van der Waals surface area contributed by atoms with Crippen molar-refractivity contribution >= 4 is 5.78 Å². The van der Waals surface area contributed by atoms with Gasteiger partial charge in [0.05, 0.1) is 6.04 Å². The molecule has 0 aromatic rings. The second kappa shape index (κ2) is 4.55. The number of hydrogen-bond acceptors (Lipinski definition) is 2. The molecule has 2 aliphatic rings. The summed E-state index contributed by atoms with van der Waals surface area (Å²) < 4.78 is 27.0. The van der Waals surface area contributed by atoms with Crippen molar-refractivity contribution in [2.45, 2.75) is 58.5 Å². The molecular formula is C14H23F2NO. The number of carbonyl (C=O) groups excluding carboxylic acids is 1. The SMILES string of the molecule is CC(C)C(=O)C1C2CC(F)(F)CC2CN1C(C)C. The molecule has 1 saturated heterocycles. The van der Waals surface area contributed by atoms with E-state index < -0.39 is 5.92 Å². The highest BCUT2D eigenvalue weighted by atomic mass is 19.3. The first-order valence-corrected chi connectivity index (χ1v) is 6.90. The summed E-state index contributed by atoms with van der Waals surface area (Å²) in [6.45, 7) is 8.46. The summed E-state index contributed by atoms with van der Waals surface area (Å²) >= 11 is 0. The third kappa shape index (κ3) is 2.31. The van der Waals surface area contributed by atoms with Crippen LogP contribution in [0.1, 0.15) is 40.5 Å². The maximum atomic E-state index is 13.5. The average molecular weight is 259 g/mol. The number of rotatable bonds is 3. The van der Waals surface area contributed by atoms with Crippen LogP contribution in [-0.4, -0.2) is 35.2 Å². The van der Waals surface area contributed by atoms with E-state index in [-0.39, 0.29) is 48.5 Å². The molecule has 1 saturated carbocycles. The molecule has 1 aliphatic heterocycles. The van der Waals surface area contributed by atoms with E-state index in [1.54, 1.807) is 0 Å². The van der Waals surface area contributed by atoms with Crippen LogP contribution in [-0.2, 0) is 4.79 Å². The lowest BCUT2D eigenvalue weighted by molar-refractivity contribution is -0.128. The summed E-state index contributed by atoms with van der Waals surface area (Å²) in [7, 11) is 0. The summed E-state index contributed by atoms with van der Waals surface area (Å²) in [4.78, 5) is 14.5. The minimum absolute atomic E-state index is 0.00454. The zero-order chi connectivity index (χ0) is 13.7. The lowest BCUT2D eigenvalue weighted by Gasteiger charge is -2.31. The molecule has 0 aromatic carbocycles. The summed E-state index contributed by atoms with van der Waals surface area (Å²) in [5.74, 6) is -2.65. The van der Waals surface area contributed by atoms with Crippen molar-refractivity contribution in [2.24, 2.45) is 17.8 Å². The van der Waals surface area contributed by atoms with Crippen LogP contribution in [0.4, 0.5) is 8.78 Å². The molecule has 1 aliphatic carbocycles. The molecule has 104 valence electrons. The van der Waals surface area contributed by atoms with Gasteiger partial charge in [-0.05, 0) is 25.7 Å². The minimum Gasteiger partial charge on any atom is -0.298 e. The molecule has 0 bridgehead atoms. The Morgan fingerprint density at radius 1 is 1.22 bits per heavy atom. The van der Waals surface area contributed by atoms with Gasteiger partial charge in [0, 0.05) is 31.3 Å². The number of likely N-dealkylation sites (tertiary alicyclic amines) is 1. The van der Waals surface area contributed by atoms with Gasteiger partial charge in [-0.3, -0.25) is 9.69 Å². The van der Waals surface area contributed by atoms with Gasteiger partial charge in [0.25, 0.3) is 0 Å². The number of nitrogens with zero attached hydrogens (tertiary/aromatic N) is 1. The topological polar surface area (TPSA) is 20.3 Å². The highest BCUT2D eigenvalue weighted by Crippen LogP contribution is 2.50. The number of Topliss-reactive ketones (excluding diaryl/α,β-unsaturated/α-hetero) is 1. The van der Waals surface area contributed by atoms with Gasteiger partial charge in [-0.1, -0.05) is 13.8 Å². The molecule has 0 amide bonds. The Morgan fingerprint density at radius 2 is 1.83 bits per heavy atom. The standard InChI is InChI=1S/C14H23F2NO/c1-8(2)13(18)12-11-6-14(15,16)5-10(11)7-17(12)9(3)4/h8-12H,5-7H2,1-4H3. The van der Waals surface area contributed by atoms with E-state index in [1.807, 2.05) is 27.7 Å². The van der Waals surface area contributed by atoms with Gasteiger partial charge >= 0.3 is 0 Å². The fourth-order valence-corrected chi connectivity index (χ4v) is 3.58. The fourth-order valence-electron chi connectivity index (χ4n) is 3.58. The number of carbonyl (C=O) groups is 1.